The highest BCUT2D eigenvalue weighted by atomic mass is 16.3. The highest BCUT2D eigenvalue weighted by Crippen LogP contribution is 2.03. The lowest BCUT2D eigenvalue weighted by molar-refractivity contribution is -0.125. The van der Waals surface area contributed by atoms with Gasteiger partial charge in [-0.15, -0.1) is 0 Å². The molecule has 0 aromatic carbocycles. The van der Waals surface area contributed by atoms with Gasteiger partial charge >= 0.3 is 0 Å². The Balaban J connectivity index is 2.49. The van der Waals surface area contributed by atoms with Crippen molar-refractivity contribution < 1.29 is 9.90 Å². The molecule has 5 nitrogen and oxygen atoms in total. The van der Waals surface area contributed by atoms with Gasteiger partial charge in [-0.1, -0.05) is 6.07 Å². The van der Waals surface area contributed by atoms with Gasteiger partial charge in [0.2, 0.25) is 5.91 Å². The van der Waals surface area contributed by atoms with Crippen LogP contribution in [-0.4, -0.2) is 28.6 Å². The summed E-state index contributed by atoms with van der Waals surface area (Å²) in [5.74, 6) is -0.129. The van der Waals surface area contributed by atoms with Crippen molar-refractivity contribution in [1.29, 1.82) is 0 Å². The molecular formula is C9H13N3O2. The molecule has 1 unspecified atom stereocenters. The summed E-state index contributed by atoms with van der Waals surface area (Å²) in [6, 6.07) is 5.44. The van der Waals surface area contributed by atoms with Crippen molar-refractivity contribution in [2.45, 2.75) is 13.0 Å². The summed E-state index contributed by atoms with van der Waals surface area (Å²) in [7, 11) is 0. The first-order chi connectivity index (χ1) is 6.59. The Hall–Kier alpha value is -1.62. The maximum atomic E-state index is 10.5. The molecule has 1 rings (SSSR count). The summed E-state index contributed by atoms with van der Waals surface area (Å²) in [5, 5.41) is 11.9. The van der Waals surface area contributed by atoms with Crippen LogP contribution in [-0.2, 0) is 4.79 Å². The third-order valence-corrected chi connectivity index (χ3v) is 1.69. The Morgan fingerprint density at radius 1 is 1.71 bits per heavy atom. The van der Waals surface area contributed by atoms with Crippen LogP contribution in [0.1, 0.15) is 5.69 Å². The van der Waals surface area contributed by atoms with Crippen molar-refractivity contribution in [3.8, 4) is 0 Å². The molecule has 1 aromatic heterocycles. The van der Waals surface area contributed by atoms with Gasteiger partial charge in [0.25, 0.3) is 0 Å². The van der Waals surface area contributed by atoms with Crippen molar-refractivity contribution in [2.24, 2.45) is 5.73 Å². The standard InChI is InChI=1S/C9H13N3O2/c1-6-3-2-4-8(12-6)11-5-7(13)9(10)14/h2-4,7,13H,5H2,1H3,(H2,10,14)(H,11,12). The number of aliphatic hydroxyl groups excluding tert-OH is 1. The van der Waals surface area contributed by atoms with Gasteiger partial charge in [-0.05, 0) is 19.1 Å². The van der Waals surface area contributed by atoms with Crippen molar-refractivity contribution in [1.82, 2.24) is 4.98 Å². The smallest absolute Gasteiger partial charge is 0.248 e. The van der Waals surface area contributed by atoms with Gasteiger partial charge in [-0.2, -0.15) is 0 Å². The number of nitrogens with two attached hydrogens (primary N) is 1. The number of hydrogen-bond donors (Lipinski definition) is 3. The van der Waals surface area contributed by atoms with Crippen molar-refractivity contribution in [2.75, 3.05) is 11.9 Å². The van der Waals surface area contributed by atoms with E-state index in [1.165, 1.54) is 0 Å². The summed E-state index contributed by atoms with van der Waals surface area (Å²) in [6.45, 7) is 1.93. The van der Waals surface area contributed by atoms with E-state index in [0.717, 1.165) is 5.69 Å². The van der Waals surface area contributed by atoms with Crippen LogP contribution in [0.4, 0.5) is 5.82 Å². The van der Waals surface area contributed by atoms with E-state index < -0.39 is 12.0 Å². The Labute approximate surface area is 82.0 Å². The number of carbonyl (C=O) groups excluding carboxylic acids is 1. The highest BCUT2D eigenvalue weighted by molar-refractivity contribution is 5.79. The Morgan fingerprint density at radius 3 is 3.00 bits per heavy atom. The largest absolute Gasteiger partial charge is 0.381 e. The van der Waals surface area contributed by atoms with Crippen LogP contribution >= 0.6 is 0 Å². The number of aryl methyl sites for hydroxylation is 1. The molecule has 76 valence electrons. The predicted octanol–water partition coefficient (Wildman–Crippen LogP) is -0.352. The number of amides is 1. The summed E-state index contributed by atoms with van der Waals surface area (Å²) in [6.07, 6.45) is -1.18. The Morgan fingerprint density at radius 2 is 2.43 bits per heavy atom. The minimum Gasteiger partial charge on any atom is -0.381 e. The van der Waals surface area contributed by atoms with E-state index in [2.05, 4.69) is 10.3 Å². The molecule has 0 radical (unpaired) electrons. The molecule has 5 heteroatoms. The van der Waals surface area contributed by atoms with Gasteiger partial charge in [0.15, 0.2) is 0 Å². The van der Waals surface area contributed by atoms with Crippen LogP contribution in [0.15, 0.2) is 18.2 Å². The molecule has 0 aliphatic heterocycles. The minimum absolute atomic E-state index is 0.0752. The summed E-state index contributed by atoms with van der Waals surface area (Å²) in [4.78, 5) is 14.6. The van der Waals surface area contributed by atoms with E-state index in [9.17, 15) is 4.79 Å². The number of pyridine rings is 1. The Kier molecular flexibility index (Phi) is 3.41. The number of nitrogens with one attached hydrogen (secondary N) is 1. The maximum Gasteiger partial charge on any atom is 0.248 e. The molecule has 1 amide bonds. The average Bonchev–Trinajstić information content (AvgIpc) is 2.14. The van der Waals surface area contributed by atoms with Crippen LogP contribution in [0, 0.1) is 6.92 Å². The molecular weight excluding hydrogens is 182 g/mol. The van der Waals surface area contributed by atoms with E-state index in [-0.39, 0.29) is 6.54 Å². The Bertz CT molecular complexity index is 328. The zero-order valence-electron chi connectivity index (χ0n) is 7.90. The molecule has 14 heavy (non-hydrogen) atoms. The fourth-order valence-electron chi connectivity index (χ4n) is 0.943. The number of aromatic nitrogens is 1. The normalized spacial score (nSPS) is 12.1. The molecule has 1 heterocycles. The molecule has 0 bridgehead atoms. The van der Waals surface area contributed by atoms with Crippen molar-refractivity contribution in [3.05, 3.63) is 23.9 Å². The van der Waals surface area contributed by atoms with Crippen LogP contribution in [0.2, 0.25) is 0 Å². The average molecular weight is 195 g/mol. The fraction of sp³-hybridized carbons (Fsp3) is 0.333. The first-order valence-electron chi connectivity index (χ1n) is 4.24. The molecule has 0 aliphatic rings. The van der Waals surface area contributed by atoms with Crippen molar-refractivity contribution in [3.63, 3.8) is 0 Å². The van der Waals surface area contributed by atoms with Gasteiger partial charge in [-0.3, -0.25) is 4.79 Å². The zero-order valence-corrected chi connectivity index (χ0v) is 7.90. The second-order valence-corrected chi connectivity index (χ2v) is 2.96. The van der Waals surface area contributed by atoms with E-state index in [0.29, 0.717) is 5.82 Å². The number of aliphatic hydroxyl groups is 1. The number of anilines is 1. The number of rotatable bonds is 4. The highest BCUT2D eigenvalue weighted by Gasteiger charge is 2.09. The second-order valence-electron chi connectivity index (χ2n) is 2.96. The molecule has 1 atom stereocenters. The van der Waals surface area contributed by atoms with Crippen LogP contribution in [0.25, 0.3) is 0 Å². The topological polar surface area (TPSA) is 88.2 Å². The first-order valence-corrected chi connectivity index (χ1v) is 4.24. The molecule has 0 saturated carbocycles. The van der Waals surface area contributed by atoms with Crippen LogP contribution in [0.3, 0.4) is 0 Å². The fourth-order valence-corrected chi connectivity index (χ4v) is 0.943. The van der Waals surface area contributed by atoms with Gasteiger partial charge in [-0.25, -0.2) is 4.98 Å². The molecule has 4 N–H and O–H groups in total. The lowest BCUT2D eigenvalue weighted by Crippen LogP contribution is -2.34. The molecule has 0 saturated heterocycles. The van der Waals surface area contributed by atoms with Crippen LogP contribution in [0.5, 0.6) is 0 Å². The molecule has 0 spiro atoms. The quantitative estimate of drug-likeness (QED) is 0.612. The van der Waals surface area contributed by atoms with Gasteiger partial charge in [0.1, 0.15) is 11.9 Å². The number of carbonyl (C=O) groups is 1. The molecule has 1 aromatic rings. The van der Waals surface area contributed by atoms with Gasteiger partial charge in [0.05, 0.1) is 6.54 Å². The summed E-state index contributed by atoms with van der Waals surface area (Å²) >= 11 is 0. The van der Waals surface area contributed by atoms with Gasteiger partial charge < -0.3 is 16.2 Å². The van der Waals surface area contributed by atoms with Crippen LogP contribution < -0.4 is 11.1 Å². The number of nitrogens with zero attached hydrogens (tertiary/aromatic N) is 1. The van der Waals surface area contributed by atoms with E-state index in [1.807, 2.05) is 19.1 Å². The third kappa shape index (κ3) is 3.02. The van der Waals surface area contributed by atoms with E-state index >= 15 is 0 Å². The number of hydrogen-bond acceptors (Lipinski definition) is 4. The van der Waals surface area contributed by atoms with E-state index in [1.54, 1.807) is 6.07 Å². The zero-order chi connectivity index (χ0) is 10.6. The monoisotopic (exact) mass is 195 g/mol. The second kappa shape index (κ2) is 4.57. The number of primary amides is 1. The lowest BCUT2D eigenvalue weighted by Gasteiger charge is -2.08. The first kappa shape index (κ1) is 10.5. The third-order valence-electron chi connectivity index (χ3n) is 1.69. The summed E-state index contributed by atoms with van der Waals surface area (Å²) in [5.41, 5.74) is 5.75. The van der Waals surface area contributed by atoms with Crippen molar-refractivity contribution >= 4 is 11.7 Å². The minimum atomic E-state index is -1.18. The summed E-state index contributed by atoms with van der Waals surface area (Å²) < 4.78 is 0. The van der Waals surface area contributed by atoms with Gasteiger partial charge in [0, 0.05) is 5.69 Å². The molecule has 0 fully saturated rings. The maximum absolute atomic E-state index is 10.5. The predicted molar refractivity (Wildman–Crippen MR) is 52.7 cm³/mol. The molecule has 0 aliphatic carbocycles. The SMILES string of the molecule is Cc1cccc(NCC(O)C(N)=O)n1. The lowest BCUT2D eigenvalue weighted by atomic mass is 10.3. The van der Waals surface area contributed by atoms with E-state index in [4.69, 9.17) is 10.8 Å².